The third-order valence-corrected chi connectivity index (χ3v) is 7.96. The number of sulfonamides is 1. The third-order valence-electron chi connectivity index (χ3n) is 7.22. The van der Waals surface area contributed by atoms with Gasteiger partial charge in [0, 0.05) is 35.0 Å². The molecule has 0 aliphatic heterocycles. The summed E-state index contributed by atoms with van der Waals surface area (Å²) in [5.74, 6) is -3.18. The highest BCUT2D eigenvalue weighted by Crippen LogP contribution is 2.43. The fourth-order valence-electron chi connectivity index (χ4n) is 5.29. The number of aliphatic carboxylic acids is 1. The minimum Gasteiger partial charge on any atom is -0.481 e. The Labute approximate surface area is 270 Å². The summed E-state index contributed by atoms with van der Waals surface area (Å²) in [6, 6.07) is 16.8. The van der Waals surface area contributed by atoms with Gasteiger partial charge in [0.15, 0.2) is 0 Å². The van der Waals surface area contributed by atoms with Gasteiger partial charge in [0.1, 0.15) is 17.3 Å². The average Bonchev–Trinajstić information content (AvgIpc) is 3.32. The number of carbonyl (C=O) groups excluding carboxylic acids is 1. The van der Waals surface area contributed by atoms with Crippen LogP contribution in [-0.2, 0) is 20.6 Å². The first kappa shape index (κ1) is 35.2. The molecule has 0 saturated heterocycles. The highest BCUT2D eigenvalue weighted by atomic mass is 32.2. The van der Waals surface area contributed by atoms with Crippen LogP contribution >= 0.6 is 0 Å². The molecule has 0 radical (unpaired) electrons. The van der Waals surface area contributed by atoms with Crippen molar-refractivity contribution in [1.82, 2.24) is 4.57 Å². The van der Waals surface area contributed by atoms with Crippen LogP contribution in [-0.4, -0.2) is 52.4 Å². The Kier molecular flexibility index (Phi) is 11.1. The predicted octanol–water partition coefficient (Wildman–Crippen LogP) is 5.32. The summed E-state index contributed by atoms with van der Waals surface area (Å²) in [6.45, 7) is 3.65. The summed E-state index contributed by atoms with van der Waals surface area (Å²) >= 11 is 0. The van der Waals surface area contributed by atoms with Crippen molar-refractivity contribution >= 4 is 33.7 Å². The number of nitrogens with zero attached hydrogens (tertiary/aromatic N) is 1. The summed E-state index contributed by atoms with van der Waals surface area (Å²) in [5, 5.41) is 37.7. The number of hydrogen-bond donors (Lipinski definition) is 5. The first-order chi connectivity index (χ1) is 22.1. The van der Waals surface area contributed by atoms with E-state index in [0.29, 0.717) is 39.2 Å². The van der Waals surface area contributed by atoms with Crippen LogP contribution in [0.2, 0.25) is 0 Å². The van der Waals surface area contributed by atoms with E-state index in [1.807, 2.05) is 13.8 Å². The quantitative estimate of drug-likeness (QED) is 0.128. The molecule has 0 fully saturated rings. The zero-order chi connectivity index (χ0) is 34.5. The highest BCUT2D eigenvalue weighted by Gasteiger charge is 2.30. The maximum atomic E-state index is 14.2. The molecule has 4 aromatic rings. The number of amides is 1. The number of halogens is 2. The molecule has 13 heteroatoms. The van der Waals surface area contributed by atoms with E-state index in [1.165, 1.54) is 78.9 Å². The number of aromatic nitrogens is 1. The molecule has 0 unspecified atom stereocenters. The molecule has 248 valence electrons. The van der Waals surface area contributed by atoms with Crippen LogP contribution in [0.25, 0.3) is 28.3 Å². The molecular weight excluding hydrogens is 632 g/mol. The molecule has 1 aromatic heterocycles. The van der Waals surface area contributed by atoms with Crippen LogP contribution in [0.4, 0.5) is 14.5 Å². The number of rotatable bonds is 13. The molecule has 0 bridgehead atoms. The molecule has 0 aliphatic rings. The molecular formula is C34H35F2N3O7S. The second-order valence-corrected chi connectivity index (χ2v) is 12.9. The number of aliphatic hydroxyl groups is 2. The Bertz CT molecular complexity index is 1870. The fraction of sp³-hybridized carbons (Fsp3) is 0.235. The topological polar surface area (TPSA) is 172 Å². The van der Waals surface area contributed by atoms with E-state index in [2.05, 4.69) is 5.32 Å². The lowest BCUT2D eigenvalue weighted by molar-refractivity contribution is -0.139. The van der Waals surface area contributed by atoms with Crippen molar-refractivity contribution in [2.75, 3.05) is 5.32 Å². The Morgan fingerprint density at radius 1 is 0.894 bits per heavy atom. The molecule has 47 heavy (non-hydrogen) atoms. The van der Waals surface area contributed by atoms with Crippen LogP contribution in [0.1, 0.15) is 54.5 Å². The van der Waals surface area contributed by atoms with Crippen LogP contribution in [0, 0.1) is 11.6 Å². The normalized spacial score (nSPS) is 13.2. The minimum absolute atomic E-state index is 0.152. The van der Waals surface area contributed by atoms with Gasteiger partial charge in [-0.15, -0.1) is 0 Å². The lowest BCUT2D eigenvalue weighted by Gasteiger charge is -2.17. The minimum atomic E-state index is -3.77. The van der Waals surface area contributed by atoms with Crippen molar-refractivity contribution in [2.45, 2.75) is 50.7 Å². The molecule has 6 N–H and O–H groups in total. The Morgan fingerprint density at radius 3 is 1.91 bits per heavy atom. The maximum Gasteiger partial charge on any atom is 0.305 e. The van der Waals surface area contributed by atoms with Crippen LogP contribution < -0.4 is 10.5 Å². The molecule has 3 aromatic carbocycles. The van der Waals surface area contributed by atoms with Gasteiger partial charge >= 0.3 is 5.97 Å². The van der Waals surface area contributed by atoms with Gasteiger partial charge in [-0.05, 0) is 73.0 Å². The third kappa shape index (κ3) is 9.20. The van der Waals surface area contributed by atoms with Gasteiger partial charge in [-0.25, -0.2) is 22.3 Å². The van der Waals surface area contributed by atoms with Gasteiger partial charge in [-0.3, -0.25) is 9.59 Å². The lowest BCUT2D eigenvalue weighted by atomic mass is 9.94. The van der Waals surface area contributed by atoms with Gasteiger partial charge in [0.2, 0.25) is 10.0 Å². The zero-order valence-corrected chi connectivity index (χ0v) is 26.4. The molecule has 1 amide bonds. The number of carboxylic acids is 1. The Hall–Kier alpha value is -4.69. The van der Waals surface area contributed by atoms with Crippen molar-refractivity contribution in [3.8, 4) is 22.3 Å². The van der Waals surface area contributed by atoms with Crippen LogP contribution in [0.5, 0.6) is 0 Å². The predicted molar refractivity (Wildman–Crippen MR) is 175 cm³/mol. The number of benzene rings is 3. The van der Waals surface area contributed by atoms with E-state index in [0.717, 1.165) is 0 Å². The number of carbonyl (C=O) groups is 2. The van der Waals surface area contributed by atoms with Gasteiger partial charge in [0.25, 0.3) is 5.91 Å². The number of nitrogens with one attached hydrogen (secondary N) is 1. The largest absolute Gasteiger partial charge is 0.481 e. The average molecular weight is 668 g/mol. The summed E-state index contributed by atoms with van der Waals surface area (Å²) < 4.78 is 52.9. The van der Waals surface area contributed by atoms with Crippen LogP contribution in [0.15, 0.2) is 78.9 Å². The van der Waals surface area contributed by atoms with Gasteiger partial charge in [-0.2, -0.15) is 0 Å². The fourth-order valence-corrected chi connectivity index (χ4v) is 5.95. The second kappa shape index (κ2) is 14.8. The monoisotopic (exact) mass is 667 g/mol. The number of anilines is 1. The van der Waals surface area contributed by atoms with Crippen molar-refractivity contribution in [1.29, 1.82) is 0 Å². The van der Waals surface area contributed by atoms with E-state index in [-0.39, 0.29) is 23.9 Å². The maximum absolute atomic E-state index is 14.2. The SMILES string of the molecule is CC(C)n1c(C=C[C@H](O)C[C@@H](O)CC(=O)O)c(-c2ccc(F)cc2)c(-c2ccc(F)cc2)c1C(=O)Nc1ccc(CS(N)(=O)=O)cc1. The number of primary sulfonamides is 1. The van der Waals surface area contributed by atoms with Crippen molar-refractivity contribution in [2.24, 2.45) is 5.14 Å². The summed E-state index contributed by atoms with van der Waals surface area (Å²) in [6.07, 6.45) is -0.487. The Balaban J connectivity index is 1.93. The van der Waals surface area contributed by atoms with E-state index < -0.39 is 52.2 Å². The first-order valence-electron chi connectivity index (χ1n) is 14.6. The summed E-state index contributed by atoms with van der Waals surface area (Å²) in [5.41, 5.74) is 3.16. The van der Waals surface area contributed by atoms with Crippen molar-refractivity contribution in [3.63, 3.8) is 0 Å². The number of nitrogens with two attached hydrogens (primary N) is 1. The number of hydrogen-bond acceptors (Lipinski definition) is 6. The van der Waals surface area contributed by atoms with E-state index in [4.69, 9.17) is 10.2 Å². The van der Waals surface area contributed by atoms with Gasteiger partial charge in [-0.1, -0.05) is 42.5 Å². The molecule has 4 rings (SSSR count). The smallest absolute Gasteiger partial charge is 0.305 e. The number of carboxylic acid groups (broad SMARTS) is 1. The number of aliphatic hydroxyl groups excluding tert-OH is 2. The van der Waals surface area contributed by atoms with E-state index in [9.17, 15) is 37.0 Å². The standard InChI is InChI=1S/C34H35F2N3O7S/c1-20(2)39-29(16-15-27(40)17-28(41)18-30(42)43)31(22-5-9-24(35)10-6-22)32(23-7-11-25(36)12-8-23)33(39)34(44)38-26-13-3-21(4-14-26)19-47(37,45)46/h3-16,20,27-28,40-41H,17-19H2,1-2H3,(H,38,44)(H,42,43)(H2,37,45,46)/t27-,28+/m0/s1. The molecule has 2 atom stereocenters. The lowest BCUT2D eigenvalue weighted by Crippen LogP contribution is -2.20. The first-order valence-corrected chi connectivity index (χ1v) is 16.3. The molecule has 0 saturated carbocycles. The summed E-state index contributed by atoms with van der Waals surface area (Å²) in [4.78, 5) is 25.2. The van der Waals surface area contributed by atoms with Crippen LogP contribution in [0.3, 0.4) is 0 Å². The second-order valence-electron chi connectivity index (χ2n) is 11.3. The van der Waals surface area contributed by atoms with E-state index in [1.54, 1.807) is 10.6 Å². The highest BCUT2D eigenvalue weighted by molar-refractivity contribution is 7.88. The molecule has 0 aliphatic carbocycles. The molecule has 1 heterocycles. The zero-order valence-electron chi connectivity index (χ0n) is 25.6. The summed E-state index contributed by atoms with van der Waals surface area (Å²) in [7, 11) is -3.77. The van der Waals surface area contributed by atoms with E-state index >= 15 is 0 Å². The molecule has 0 spiro atoms. The van der Waals surface area contributed by atoms with Crippen molar-refractivity contribution < 1.29 is 42.1 Å². The van der Waals surface area contributed by atoms with Crippen molar-refractivity contribution in [3.05, 3.63) is 107 Å². The van der Waals surface area contributed by atoms with Gasteiger partial charge < -0.3 is 25.2 Å². The Morgan fingerprint density at radius 2 is 1.43 bits per heavy atom. The molecule has 10 nitrogen and oxygen atoms in total. The van der Waals surface area contributed by atoms with Gasteiger partial charge in [0.05, 0.1) is 24.4 Å².